The van der Waals surface area contributed by atoms with Crippen LogP contribution < -0.4 is 4.57 Å². The van der Waals surface area contributed by atoms with Gasteiger partial charge in [-0.05, 0) is 48.1 Å². The first kappa shape index (κ1) is 21.9. The zero-order valence-corrected chi connectivity index (χ0v) is 20.4. The van der Waals surface area contributed by atoms with E-state index in [1.807, 2.05) is 30.3 Å². The summed E-state index contributed by atoms with van der Waals surface area (Å²) in [6.07, 6.45) is 1.04. The van der Waals surface area contributed by atoms with Gasteiger partial charge in [0.05, 0.1) is 12.1 Å². The summed E-state index contributed by atoms with van der Waals surface area (Å²) in [7, 11) is 2.12. The van der Waals surface area contributed by atoms with E-state index in [-0.39, 0.29) is 0 Å². The molecular weight excluding hydrogens is 416 g/mol. The van der Waals surface area contributed by atoms with E-state index in [4.69, 9.17) is 11.0 Å². The van der Waals surface area contributed by atoms with Gasteiger partial charge in [-0.3, -0.25) is 0 Å². The van der Waals surface area contributed by atoms with Gasteiger partial charge in [0.2, 0.25) is 5.69 Å². The molecule has 3 aromatic carbocycles. The van der Waals surface area contributed by atoms with Crippen molar-refractivity contribution in [1.82, 2.24) is 0 Å². The lowest BCUT2D eigenvalue weighted by Gasteiger charge is -2.11. The number of hydrogen-bond acceptors (Lipinski definition) is 1. The monoisotopic (exact) mass is 445 g/mol. The van der Waals surface area contributed by atoms with Gasteiger partial charge in [0.15, 0.2) is 11.4 Å². The van der Waals surface area contributed by atoms with E-state index >= 15 is 0 Å². The van der Waals surface area contributed by atoms with E-state index in [0.717, 1.165) is 50.7 Å². The highest BCUT2D eigenvalue weighted by atomic mass is 16.3. The summed E-state index contributed by atoms with van der Waals surface area (Å²) >= 11 is 0. The Kier molecular flexibility index (Phi) is 5.46. The minimum Gasteiger partial charge on any atom is -0.455 e. The van der Waals surface area contributed by atoms with Crippen LogP contribution in [0.25, 0.3) is 49.2 Å². The highest BCUT2D eigenvalue weighted by molar-refractivity contribution is 6.14. The van der Waals surface area contributed by atoms with Crippen molar-refractivity contribution in [2.45, 2.75) is 34.1 Å². The third-order valence-electron chi connectivity index (χ3n) is 6.65. The first-order valence-corrected chi connectivity index (χ1v) is 11.8. The first-order valence-electron chi connectivity index (χ1n) is 11.8. The SMILES string of the molecule is [C-]#[N+]c1cc(-c2ccccc2)c2oc3c(-c4cc(CC(C)C)cc(C)[n+]4C)c(C)ccc3c2c1. The molecule has 2 heterocycles. The summed E-state index contributed by atoms with van der Waals surface area (Å²) in [5.74, 6) is 0.587. The van der Waals surface area contributed by atoms with Crippen LogP contribution in [0.4, 0.5) is 5.69 Å². The summed E-state index contributed by atoms with van der Waals surface area (Å²) in [5.41, 5.74) is 10.4. The Labute approximate surface area is 201 Å². The molecule has 0 bridgehead atoms. The van der Waals surface area contributed by atoms with Crippen molar-refractivity contribution in [3.8, 4) is 22.4 Å². The standard InChI is InChI=1S/C31H29N2O/c1-19(2)14-22-15-21(4)33(6)28(16-22)29-20(3)12-13-25-27-18-24(32-5)17-26(30(27)34-31(25)29)23-10-8-7-9-11-23/h7-13,15-19H,14H2,1-4,6H3/q+1. The maximum absolute atomic E-state index is 7.67. The molecule has 3 heteroatoms. The molecule has 2 aromatic heterocycles. The third-order valence-corrected chi connectivity index (χ3v) is 6.65. The minimum atomic E-state index is 0.587. The molecule has 0 amide bonds. The molecular formula is C31H29N2O+. The van der Waals surface area contributed by atoms with Crippen LogP contribution in [0.5, 0.6) is 0 Å². The average Bonchev–Trinajstić information content (AvgIpc) is 3.19. The van der Waals surface area contributed by atoms with Crippen molar-refractivity contribution in [3.05, 3.63) is 95.0 Å². The zero-order valence-electron chi connectivity index (χ0n) is 20.4. The number of rotatable bonds is 4. The molecule has 0 radical (unpaired) electrons. The van der Waals surface area contributed by atoms with Gasteiger partial charge in [-0.1, -0.05) is 56.3 Å². The van der Waals surface area contributed by atoms with Gasteiger partial charge in [0.1, 0.15) is 18.2 Å². The maximum Gasteiger partial charge on any atom is 0.216 e. The third kappa shape index (κ3) is 3.66. The Balaban J connectivity index is 1.87. The van der Waals surface area contributed by atoms with Gasteiger partial charge in [0.25, 0.3) is 0 Å². The Morgan fingerprint density at radius 1 is 0.912 bits per heavy atom. The van der Waals surface area contributed by atoms with E-state index in [1.165, 1.54) is 16.8 Å². The molecule has 3 nitrogen and oxygen atoms in total. The Hall–Kier alpha value is -3.90. The largest absolute Gasteiger partial charge is 0.455 e. The molecule has 5 rings (SSSR count). The molecule has 0 aliphatic rings. The van der Waals surface area contributed by atoms with Crippen LogP contribution in [-0.4, -0.2) is 0 Å². The van der Waals surface area contributed by atoms with Gasteiger partial charge in [-0.2, -0.15) is 4.57 Å². The number of aryl methyl sites for hydroxylation is 2. The number of aromatic nitrogens is 1. The fraction of sp³-hybridized carbons (Fsp3) is 0.226. The van der Waals surface area contributed by atoms with Gasteiger partial charge in [-0.25, -0.2) is 4.85 Å². The number of nitrogens with zero attached hydrogens (tertiary/aromatic N) is 2. The Morgan fingerprint density at radius 2 is 1.68 bits per heavy atom. The van der Waals surface area contributed by atoms with Crippen molar-refractivity contribution in [2.24, 2.45) is 13.0 Å². The molecule has 34 heavy (non-hydrogen) atoms. The number of pyridine rings is 1. The predicted molar refractivity (Wildman–Crippen MR) is 140 cm³/mol. The predicted octanol–water partition coefficient (Wildman–Crippen LogP) is 8.11. The van der Waals surface area contributed by atoms with Crippen LogP contribution in [0.3, 0.4) is 0 Å². The summed E-state index contributed by atoms with van der Waals surface area (Å²) in [6, 6.07) is 23.0. The molecule has 5 aromatic rings. The number of hydrogen-bond donors (Lipinski definition) is 0. The number of benzene rings is 3. The molecule has 168 valence electrons. The fourth-order valence-corrected chi connectivity index (χ4v) is 4.94. The summed E-state index contributed by atoms with van der Waals surface area (Å²) in [5, 5.41) is 2.03. The van der Waals surface area contributed by atoms with Gasteiger partial charge >= 0.3 is 0 Å². The van der Waals surface area contributed by atoms with Crippen LogP contribution in [-0.2, 0) is 13.5 Å². The fourth-order valence-electron chi connectivity index (χ4n) is 4.94. The molecule has 0 unspecified atom stereocenters. The molecule has 0 atom stereocenters. The molecule has 0 aliphatic carbocycles. The second-order valence-electron chi connectivity index (χ2n) is 9.63. The lowest BCUT2D eigenvalue weighted by molar-refractivity contribution is -0.666. The zero-order chi connectivity index (χ0) is 24.0. The maximum atomic E-state index is 7.67. The quantitative estimate of drug-likeness (QED) is 0.202. The van der Waals surface area contributed by atoms with Crippen LogP contribution >= 0.6 is 0 Å². The highest BCUT2D eigenvalue weighted by Gasteiger charge is 2.24. The molecule has 0 saturated heterocycles. The van der Waals surface area contributed by atoms with Crippen LogP contribution in [0.1, 0.15) is 30.7 Å². The van der Waals surface area contributed by atoms with Crippen LogP contribution in [0, 0.1) is 26.3 Å². The van der Waals surface area contributed by atoms with E-state index in [0.29, 0.717) is 11.6 Å². The lowest BCUT2D eigenvalue weighted by Crippen LogP contribution is -2.35. The Bertz CT molecular complexity index is 1580. The second-order valence-corrected chi connectivity index (χ2v) is 9.63. The summed E-state index contributed by atoms with van der Waals surface area (Å²) < 4.78 is 8.95. The normalized spacial score (nSPS) is 11.4. The van der Waals surface area contributed by atoms with Crippen molar-refractivity contribution >= 4 is 27.6 Å². The number of fused-ring (bicyclic) bond motifs is 3. The van der Waals surface area contributed by atoms with E-state index < -0.39 is 0 Å². The number of furan rings is 1. The summed E-state index contributed by atoms with van der Waals surface area (Å²) in [6.45, 7) is 16.5. The van der Waals surface area contributed by atoms with Gasteiger partial charge < -0.3 is 4.42 Å². The van der Waals surface area contributed by atoms with E-state index in [1.54, 1.807) is 0 Å². The minimum absolute atomic E-state index is 0.587. The topological polar surface area (TPSA) is 21.4 Å². The second kappa shape index (κ2) is 8.47. The van der Waals surface area contributed by atoms with Crippen LogP contribution in [0.2, 0.25) is 0 Å². The molecule has 0 spiro atoms. The first-order chi connectivity index (χ1) is 16.4. The van der Waals surface area contributed by atoms with E-state index in [2.05, 4.69) is 80.6 Å². The van der Waals surface area contributed by atoms with Gasteiger partial charge in [-0.15, -0.1) is 0 Å². The van der Waals surface area contributed by atoms with Crippen molar-refractivity contribution in [2.75, 3.05) is 0 Å². The van der Waals surface area contributed by atoms with Crippen molar-refractivity contribution in [3.63, 3.8) is 0 Å². The lowest BCUT2D eigenvalue weighted by atomic mass is 9.96. The van der Waals surface area contributed by atoms with Gasteiger partial charge in [0, 0.05) is 35.4 Å². The van der Waals surface area contributed by atoms with Crippen molar-refractivity contribution in [1.29, 1.82) is 0 Å². The Morgan fingerprint density at radius 3 is 2.38 bits per heavy atom. The average molecular weight is 446 g/mol. The highest BCUT2D eigenvalue weighted by Crippen LogP contribution is 2.42. The van der Waals surface area contributed by atoms with E-state index in [9.17, 15) is 0 Å². The molecule has 0 saturated carbocycles. The smallest absolute Gasteiger partial charge is 0.216 e. The molecule has 0 N–H and O–H groups in total. The van der Waals surface area contributed by atoms with Crippen molar-refractivity contribution < 1.29 is 8.98 Å². The summed E-state index contributed by atoms with van der Waals surface area (Å²) in [4.78, 5) is 3.76. The van der Waals surface area contributed by atoms with Crippen LogP contribution in [0.15, 0.2) is 71.1 Å². The molecule has 0 aliphatic heterocycles. The molecule has 0 fully saturated rings.